The van der Waals surface area contributed by atoms with Crippen molar-refractivity contribution in [2.75, 3.05) is 18.4 Å². The largest absolute Gasteiger partial charge is 0.360 e. The van der Waals surface area contributed by atoms with Crippen LogP contribution in [0.4, 0.5) is 10.1 Å². The van der Waals surface area contributed by atoms with Gasteiger partial charge in [0.2, 0.25) is 5.91 Å². The summed E-state index contributed by atoms with van der Waals surface area (Å²) in [5, 5.41) is 7.05. The minimum atomic E-state index is -0.649. The average Bonchev–Trinajstić information content (AvgIpc) is 3.09. The zero-order chi connectivity index (χ0) is 22.7. The number of benzene rings is 2. The summed E-state index contributed by atoms with van der Waals surface area (Å²) in [5.41, 5.74) is 0.197. The lowest BCUT2D eigenvalue weighted by atomic mass is 10.0. The van der Waals surface area contributed by atoms with Crippen LogP contribution in [0.25, 0.3) is 11.3 Å². The average molecular weight is 485 g/mol. The Morgan fingerprint density at radius 3 is 2.32 bits per heavy atom. The van der Waals surface area contributed by atoms with Crippen LogP contribution in [0.15, 0.2) is 40.9 Å². The molecule has 0 fully saturated rings. The highest BCUT2D eigenvalue weighted by Gasteiger charge is 2.29. The van der Waals surface area contributed by atoms with Gasteiger partial charge >= 0.3 is 0 Å². The molecular weight excluding hydrogens is 468 g/mol. The SMILES string of the molecule is CCN(CC(=O)Nc1c(Cl)cccc1Cl)C(=O)c1c(-c2c(F)cccc2Cl)noc1C. The summed E-state index contributed by atoms with van der Waals surface area (Å²) in [6, 6.07) is 8.94. The van der Waals surface area contributed by atoms with E-state index in [0.717, 1.165) is 0 Å². The number of nitrogens with one attached hydrogen (secondary N) is 1. The maximum atomic E-state index is 14.4. The van der Waals surface area contributed by atoms with Gasteiger partial charge in [0.05, 0.1) is 26.3 Å². The molecule has 1 heterocycles. The van der Waals surface area contributed by atoms with Gasteiger partial charge in [-0.05, 0) is 38.1 Å². The quantitative estimate of drug-likeness (QED) is 0.476. The highest BCUT2D eigenvalue weighted by atomic mass is 35.5. The second-order valence-corrected chi connectivity index (χ2v) is 7.74. The molecule has 0 saturated carbocycles. The van der Waals surface area contributed by atoms with Gasteiger partial charge in [0.25, 0.3) is 5.91 Å². The summed E-state index contributed by atoms with van der Waals surface area (Å²) in [4.78, 5) is 27.1. The number of nitrogens with zero attached hydrogens (tertiary/aromatic N) is 2. The molecule has 2 aromatic carbocycles. The number of carbonyl (C=O) groups is 2. The Hall–Kier alpha value is -2.61. The molecule has 3 rings (SSSR count). The summed E-state index contributed by atoms with van der Waals surface area (Å²) < 4.78 is 19.6. The van der Waals surface area contributed by atoms with Crippen LogP contribution in [-0.2, 0) is 4.79 Å². The van der Waals surface area contributed by atoms with E-state index < -0.39 is 17.6 Å². The summed E-state index contributed by atoms with van der Waals surface area (Å²) >= 11 is 18.3. The Balaban J connectivity index is 1.88. The maximum Gasteiger partial charge on any atom is 0.260 e. The second kappa shape index (κ2) is 9.68. The van der Waals surface area contributed by atoms with Crippen LogP contribution in [0.5, 0.6) is 0 Å². The van der Waals surface area contributed by atoms with E-state index >= 15 is 0 Å². The molecule has 31 heavy (non-hydrogen) atoms. The van der Waals surface area contributed by atoms with Crippen molar-refractivity contribution < 1.29 is 18.5 Å². The van der Waals surface area contributed by atoms with E-state index in [1.54, 1.807) is 25.1 Å². The van der Waals surface area contributed by atoms with E-state index in [-0.39, 0.29) is 56.4 Å². The Morgan fingerprint density at radius 1 is 1.10 bits per heavy atom. The van der Waals surface area contributed by atoms with Crippen LogP contribution in [0.1, 0.15) is 23.0 Å². The summed E-state index contributed by atoms with van der Waals surface area (Å²) in [6.07, 6.45) is 0. The Kier molecular flexibility index (Phi) is 7.20. The van der Waals surface area contributed by atoms with E-state index in [2.05, 4.69) is 10.5 Å². The molecule has 3 aromatic rings. The first-order chi connectivity index (χ1) is 14.7. The van der Waals surface area contributed by atoms with Gasteiger partial charge < -0.3 is 14.7 Å². The fourth-order valence-corrected chi connectivity index (χ4v) is 3.72. The number of anilines is 1. The molecule has 0 aliphatic heterocycles. The lowest BCUT2D eigenvalue weighted by Crippen LogP contribution is -2.38. The maximum absolute atomic E-state index is 14.4. The lowest BCUT2D eigenvalue weighted by molar-refractivity contribution is -0.116. The first-order valence-electron chi connectivity index (χ1n) is 9.18. The number of hydrogen-bond donors (Lipinski definition) is 1. The number of amides is 2. The Morgan fingerprint density at radius 2 is 1.71 bits per heavy atom. The summed E-state index contributed by atoms with van der Waals surface area (Å²) in [7, 11) is 0. The number of carbonyl (C=O) groups excluding carboxylic acids is 2. The zero-order valence-electron chi connectivity index (χ0n) is 16.5. The van der Waals surface area contributed by atoms with Crippen molar-refractivity contribution in [1.82, 2.24) is 10.1 Å². The molecule has 162 valence electrons. The van der Waals surface area contributed by atoms with Crippen LogP contribution in [-0.4, -0.2) is 35.0 Å². The van der Waals surface area contributed by atoms with Crippen molar-refractivity contribution in [3.63, 3.8) is 0 Å². The number of para-hydroxylation sites is 1. The van der Waals surface area contributed by atoms with E-state index in [0.29, 0.717) is 0 Å². The van der Waals surface area contributed by atoms with Crippen molar-refractivity contribution >= 4 is 52.3 Å². The van der Waals surface area contributed by atoms with Crippen LogP contribution in [0.3, 0.4) is 0 Å². The van der Waals surface area contributed by atoms with Crippen LogP contribution >= 0.6 is 34.8 Å². The summed E-state index contributed by atoms with van der Waals surface area (Å²) in [6.45, 7) is 3.12. The van der Waals surface area contributed by atoms with Crippen molar-refractivity contribution in [1.29, 1.82) is 0 Å². The van der Waals surface area contributed by atoms with Gasteiger partial charge in [-0.15, -0.1) is 0 Å². The van der Waals surface area contributed by atoms with Crippen LogP contribution < -0.4 is 5.32 Å². The van der Waals surface area contributed by atoms with Crippen molar-refractivity contribution in [2.24, 2.45) is 0 Å². The highest BCUT2D eigenvalue weighted by molar-refractivity contribution is 6.39. The number of aromatic nitrogens is 1. The topological polar surface area (TPSA) is 75.4 Å². The molecule has 0 saturated heterocycles. The third kappa shape index (κ3) is 4.84. The fourth-order valence-electron chi connectivity index (χ4n) is 2.97. The molecule has 0 atom stereocenters. The molecule has 0 aliphatic carbocycles. The smallest absolute Gasteiger partial charge is 0.260 e. The predicted molar refractivity (Wildman–Crippen MR) is 118 cm³/mol. The normalized spacial score (nSPS) is 10.8. The third-order valence-corrected chi connectivity index (χ3v) is 5.45. The molecule has 1 N–H and O–H groups in total. The zero-order valence-corrected chi connectivity index (χ0v) is 18.8. The van der Waals surface area contributed by atoms with Crippen LogP contribution in [0, 0.1) is 12.7 Å². The first kappa shape index (κ1) is 23.1. The van der Waals surface area contributed by atoms with E-state index in [9.17, 15) is 14.0 Å². The first-order valence-corrected chi connectivity index (χ1v) is 10.3. The summed E-state index contributed by atoms with van der Waals surface area (Å²) in [5.74, 6) is -1.54. The van der Waals surface area contributed by atoms with Gasteiger partial charge in [-0.2, -0.15) is 0 Å². The number of rotatable bonds is 6. The van der Waals surface area contributed by atoms with Crippen molar-refractivity contribution in [3.8, 4) is 11.3 Å². The second-order valence-electron chi connectivity index (χ2n) is 6.52. The Bertz CT molecular complexity index is 1110. The highest BCUT2D eigenvalue weighted by Crippen LogP contribution is 2.34. The standard InChI is InChI=1S/C21H17Cl3FN3O3/c1-3-28(10-16(29)26-19-13(23)7-4-8-14(19)24)21(30)17-11(2)31-27-20(17)18-12(22)6-5-9-15(18)25/h4-9H,3,10H2,1-2H3,(H,26,29). The van der Waals surface area contributed by atoms with Gasteiger partial charge in [0, 0.05) is 6.54 Å². The monoisotopic (exact) mass is 483 g/mol. The van der Waals surface area contributed by atoms with Gasteiger partial charge in [0.15, 0.2) is 0 Å². The molecule has 0 spiro atoms. The number of halogens is 4. The molecule has 0 radical (unpaired) electrons. The van der Waals surface area contributed by atoms with Gasteiger partial charge in [-0.1, -0.05) is 52.1 Å². The fraction of sp³-hybridized carbons (Fsp3) is 0.190. The van der Waals surface area contributed by atoms with Gasteiger partial charge in [-0.3, -0.25) is 9.59 Å². The molecular formula is C21H17Cl3FN3O3. The van der Waals surface area contributed by atoms with E-state index in [4.69, 9.17) is 39.3 Å². The number of aryl methyl sites for hydroxylation is 1. The minimum absolute atomic E-state index is 0.0254. The van der Waals surface area contributed by atoms with Crippen LogP contribution in [0.2, 0.25) is 15.1 Å². The van der Waals surface area contributed by atoms with E-state index in [1.807, 2.05) is 0 Å². The predicted octanol–water partition coefficient (Wildman–Crippen LogP) is 5.85. The molecule has 1 aromatic heterocycles. The lowest BCUT2D eigenvalue weighted by Gasteiger charge is -2.21. The molecule has 10 heteroatoms. The van der Waals surface area contributed by atoms with Crippen molar-refractivity contribution in [3.05, 3.63) is 68.6 Å². The molecule has 6 nitrogen and oxygen atoms in total. The Labute approximate surface area is 192 Å². The third-order valence-electron chi connectivity index (χ3n) is 4.51. The van der Waals surface area contributed by atoms with E-state index in [1.165, 1.54) is 30.0 Å². The van der Waals surface area contributed by atoms with Crippen molar-refractivity contribution in [2.45, 2.75) is 13.8 Å². The molecule has 0 aliphatic rings. The van der Waals surface area contributed by atoms with Gasteiger partial charge in [0.1, 0.15) is 29.4 Å². The number of hydrogen-bond acceptors (Lipinski definition) is 4. The number of likely N-dealkylation sites (N-methyl/N-ethyl adjacent to an activating group) is 1. The molecule has 0 unspecified atom stereocenters. The minimum Gasteiger partial charge on any atom is -0.360 e. The molecule has 2 amide bonds. The van der Waals surface area contributed by atoms with Gasteiger partial charge in [-0.25, -0.2) is 4.39 Å². The molecule has 0 bridgehead atoms.